The van der Waals surface area contributed by atoms with Gasteiger partial charge in [0.15, 0.2) is 0 Å². The van der Waals surface area contributed by atoms with Crippen LogP contribution in [0.15, 0.2) is 42.5 Å². The van der Waals surface area contributed by atoms with Crippen LogP contribution in [0.1, 0.15) is 35.0 Å². The number of benzene rings is 2. The molecule has 1 heterocycles. The average Bonchev–Trinajstić information content (AvgIpc) is 2.98. The van der Waals surface area contributed by atoms with Crippen molar-refractivity contribution < 1.29 is 24.2 Å². The van der Waals surface area contributed by atoms with Crippen molar-refractivity contribution in [2.24, 2.45) is 0 Å². The Morgan fingerprint density at radius 2 is 1.87 bits per heavy atom. The summed E-state index contributed by atoms with van der Waals surface area (Å²) < 4.78 is 12.3. The van der Waals surface area contributed by atoms with Gasteiger partial charge in [-0.1, -0.05) is 11.6 Å². The van der Waals surface area contributed by atoms with Crippen LogP contribution in [0.3, 0.4) is 0 Å². The van der Waals surface area contributed by atoms with Gasteiger partial charge in [0, 0.05) is 34.7 Å². The van der Waals surface area contributed by atoms with E-state index >= 15 is 0 Å². The standard InChI is InChI=1S/C23H24ClNO5/c1-14(10-11-26)30-22(27)13-19-15(2)25(21-9-8-18(29-3)12-20(19)21)23(28)16-4-6-17(24)7-5-16/h4-9,12,14,26H,10-11,13H2,1-3H3. The molecule has 1 atom stereocenters. The van der Waals surface area contributed by atoms with E-state index in [2.05, 4.69) is 0 Å². The lowest BCUT2D eigenvalue weighted by molar-refractivity contribution is -0.147. The molecule has 0 bridgehead atoms. The fraction of sp³-hybridized carbons (Fsp3) is 0.304. The maximum Gasteiger partial charge on any atom is 0.310 e. The molecule has 158 valence electrons. The summed E-state index contributed by atoms with van der Waals surface area (Å²) in [5, 5.41) is 10.3. The Kier molecular flexibility index (Phi) is 6.80. The number of hydrogen-bond donors (Lipinski definition) is 1. The number of hydrogen-bond acceptors (Lipinski definition) is 5. The van der Waals surface area contributed by atoms with Gasteiger partial charge in [0.2, 0.25) is 0 Å². The predicted octanol–water partition coefficient (Wildman–Crippen LogP) is 4.16. The minimum absolute atomic E-state index is 0.00612. The van der Waals surface area contributed by atoms with Crippen molar-refractivity contribution >= 4 is 34.4 Å². The van der Waals surface area contributed by atoms with Crippen LogP contribution in [0, 0.1) is 6.92 Å². The zero-order valence-electron chi connectivity index (χ0n) is 17.1. The minimum Gasteiger partial charge on any atom is -0.497 e. The summed E-state index contributed by atoms with van der Waals surface area (Å²) in [6.07, 6.45) is -0.0111. The SMILES string of the molecule is COc1ccc2c(c1)c(CC(=O)OC(C)CCO)c(C)n2C(=O)c1ccc(Cl)cc1. The van der Waals surface area contributed by atoms with Crippen molar-refractivity contribution in [1.82, 2.24) is 4.57 Å². The molecule has 7 heteroatoms. The van der Waals surface area contributed by atoms with Gasteiger partial charge in [0.25, 0.3) is 5.91 Å². The highest BCUT2D eigenvalue weighted by Crippen LogP contribution is 2.31. The largest absolute Gasteiger partial charge is 0.497 e. The lowest BCUT2D eigenvalue weighted by Gasteiger charge is -2.12. The Morgan fingerprint density at radius 1 is 1.17 bits per heavy atom. The van der Waals surface area contributed by atoms with Gasteiger partial charge in [-0.2, -0.15) is 0 Å². The Hall–Kier alpha value is -2.83. The lowest BCUT2D eigenvalue weighted by atomic mass is 10.1. The van der Waals surface area contributed by atoms with Crippen molar-refractivity contribution in [3.8, 4) is 5.75 Å². The van der Waals surface area contributed by atoms with E-state index in [0.717, 1.165) is 5.39 Å². The molecule has 3 aromatic rings. The van der Waals surface area contributed by atoms with Gasteiger partial charge in [-0.15, -0.1) is 0 Å². The quantitative estimate of drug-likeness (QED) is 0.570. The van der Waals surface area contributed by atoms with E-state index in [1.165, 1.54) is 0 Å². The van der Waals surface area contributed by atoms with Gasteiger partial charge >= 0.3 is 5.97 Å². The van der Waals surface area contributed by atoms with Gasteiger partial charge in [-0.25, -0.2) is 0 Å². The van der Waals surface area contributed by atoms with E-state index in [9.17, 15) is 9.59 Å². The zero-order valence-corrected chi connectivity index (χ0v) is 17.9. The molecule has 0 aliphatic heterocycles. The molecule has 1 unspecified atom stereocenters. The maximum atomic E-state index is 13.3. The maximum absolute atomic E-state index is 13.3. The molecular formula is C23H24ClNO5. The molecule has 0 aliphatic carbocycles. The third-order valence-electron chi connectivity index (χ3n) is 5.03. The lowest BCUT2D eigenvalue weighted by Crippen LogP contribution is -2.18. The Labute approximate surface area is 180 Å². The Balaban J connectivity index is 2.06. The van der Waals surface area contributed by atoms with E-state index in [4.69, 9.17) is 26.2 Å². The van der Waals surface area contributed by atoms with Crippen molar-refractivity contribution in [2.45, 2.75) is 32.8 Å². The number of aliphatic hydroxyl groups is 1. The highest BCUT2D eigenvalue weighted by atomic mass is 35.5. The van der Waals surface area contributed by atoms with Crippen LogP contribution in [0.25, 0.3) is 10.9 Å². The average molecular weight is 430 g/mol. The second-order valence-electron chi connectivity index (χ2n) is 7.08. The first-order valence-corrected chi connectivity index (χ1v) is 10.0. The molecule has 1 N–H and O–H groups in total. The zero-order chi connectivity index (χ0) is 21.8. The second-order valence-corrected chi connectivity index (χ2v) is 7.52. The highest BCUT2D eigenvalue weighted by molar-refractivity contribution is 6.30. The summed E-state index contributed by atoms with van der Waals surface area (Å²) >= 11 is 5.95. The summed E-state index contributed by atoms with van der Waals surface area (Å²) in [6.45, 7) is 3.48. The monoisotopic (exact) mass is 429 g/mol. The van der Waals surface area contributed by atoms with E-state index in [0.29, 0.717) is 39.5 Å². The number of carbonyl (C=O) groups is 2. The van der Waals surface area contributed by atoms with E-state index < -0.39 is 5.97 Å². The van der Waals surface area contributed by atoms with E-state index in [-0.39, 0.29) is 25.0 Å². The van der Waals surface area contributed by atoms with Crippen LogP contribution in [0.5, 0.6) is 5.75 Å². The van der Waals surface area contributed by atoms with Crippen molar-refractivity contribution in [3.63, 3.8) is 0 Å². The molecule has 0 fully saturated rings. The smallest absolute Gasteiger partial charge is 0.310 e. The number of esters is 1. The van der Waals surface area contributed by atoms with Gasteiger partial charge in [0.1, 0.15) is 11.9 Å². The normalized spacial score (nSPS) is 12.0. The molecule has 2 aromatic carbocycles. The molecule has 0 saturated carbocycles. The molecule has 0 aliphatic rings. The summed E-state index contributed by atoms with van der Waals surface area (Å²) in [4.78, 5) is 25.7. The van der Waals surface area contributed by atoms with E-state index in [1.54, 1.807) is 61.9 Å². The van der Waals surface area contributed by atoms with Gasteiger partial charge in [0.05, 0.1) is 19.0 Å². The number of nitrogens with zero attached hydrogens (tertiary/aromatic N) is 1. The van der Waals surface area contributed by atoms with Crippen molar-refractivity contribution in [1.29, 1.82) is 0 Å². The third kappa shape index (κ3) is 4.50. The second kappa shape index (κ2) is 9.32. The molecule has 0 amide bonds. The van der Waals surface area contributed by atoms with Gasteiger partial charge in [-0.3, -0.25) is 14.2 Å². The van der Waals surface area contributed by atoms with Crippen LogP contribution >= 0.6 is 11.6 Å². The number of halogens is 1. The fourth-order valence-corrected chi connectivity index (χ4v) is 3.57. The summed E-state index contributed by atoms with van der Waals surface area (Å²) in [6, 6.07) is 12.1. The fourth-order valence-electron chi connectivity index (χ4n) is 3.45. The number of ether oxygens (including phenoxy) is 2. The van der Waals surface area contributed by atoms with Crippen molar-refractivity contribution in [3.05, 3.63) is 64.3 Å². The van der Waals surface area contributed by atoms with Crippen LogP contribution in [-0.2, 0) is 16.0 Å². The first-order valence-electron chi connectivity index (χ1n) is 9.64. The molecule has 3 rings (SSSR count). The van der Waals surface area contributed by atoms with Gasteiger partial charge < -0.3 is 14.6 Å². The van der Waals surface area contributed by atoms with Gasteiger partial charge in [-0.05, 0) is 61.9 Å². The third-order valence-corrected chi connectivity index (χ3v) is 5.28. The number of rotatable bonds is 7. The molecule has 30 heavy (non-hydrogen) atoms. The van der Waals surface area contributed by atoms with E-state index in [1.807, 2.05) is 6.07 Å². The van der Waals surface area contributed by atoms with Crippen LogP contribution < -0.4 is 4.74 Å². The van der Waals surface area contributed by atoms with Crippen LogP contribution in [0.4, 0.5) is 0 Å². The number of methoxy groups -OCH3 is 1. The first-order chi connectivity index (χ1) is 14.3. The number of fused-ring (bicyclic) bond motifs is 1. The summed E-state index contributed by atoms with van der Waals surface area (Å²) in [5.74, 6) is -0.00526. The Morgan fingerprint density at radius 3 is 2.50 bits per heavy atom. The summed E-state index contributed by atoms with van der Waals surface area (Å²) in [5.41, 5.74) is 2.53. The predicted molar refractivity (Wildman–Crippen MR) is 115 cm³/mol. The minimum atomic E-state index is -0.417. The topological polar surface area (TPSA) is 77.8 Å². The number of aliphatic hydroxyl groups excluding tert-OH is 1. The van der Waals surface area contributed by atoms with Crippen LogP contribution in [-0.4, -0.2) is 41.4 Å². The molecule has 0 saturated heterocycles. The molecular weight excluding hydrogens is 406 g/mol. The van der Waals surface area contributed by atoms with Crippen LogP contribution in [0.2, 0.25) is 5.02 Å². The Bertz CT molecular complexity index is 1070. The molecule has 0 spiro atoms. The molecule has 1 aromatic heterocycles. The number of aromatic nitrogens is 1. The number of carbonyl (C=O) groups excluding carboxylic acids is 2. The molecule has 0 radical (unpaired) electrons. The van der Waals surface area contributed by atoms with Crippen molar-refractivity contribution in [2.75, 3.05) is 13.7 Å². The highest BCUT2D eigenvalue weighted by Gasteiger charge is 2.23. The summed E-state index contributed by atoms with van der Waals surface area (Å²) in [7, 11) is 1.56. The molecule has 6 nitrogen and oxygen atoms in total. The first kappa shape index (κ1) is 21.9.